The van der Waals surface area contributed by atoms with Crippen LogP contribution in [0, 0.1) is 17.8 Å². The van der Waals surface area contributed by atoms with Gasteiger partial charge < -0.3 is 19.5 Å². The summed E-state index contributed by atoms with van der Waals surface area (Å²) in [5.41, 5.74) is 0. The molecule has 0 aromatic carbocycles. The summed E-state index contributed by atoms with van der Waals surface area (Å²) in [5.74, 6) is 1.94. The van der Waals surface area contributed by atoms with Gasteiger partial charge in [0.25, 0.3) is 0 Å². The van der Waals surface area contributed by atoms with Crippen LogP contribution in [0.2, 0.25) is 0 Å². The van der Waals surface area contributed by atoms with Crippen molar-refractivity contribution in [3.8, 4) is 0 Å². The molecule has 1 aliphatic carbocycles. The summed E-state index contributed by atoms with van der Waals surface area (Å²) >= 11 is 0. The van der Waals surface area contributed by atoms with E-state index in [4.69, 9.17) is 9.47 Å². The van der Waals surface area contributed by atoms with Gasteiger partial charge in [-0.05, 0) is 37.5 Å². The number of ether oxygens (including phenoxy) is 2. The van der Waals surface area contributed by atoms with Crippen molar-refractivity contribution in [3.63, 3.8) is 0 Å². The standard InChI is InChI=1S/C20H38N2O4/c1-5-25-20(24)22-10-8-21(9-11-22)13-17(23)14-26-19-12-16(4)6-7-18(19)15(2)3/h15-19,23H,5-14H2,1-4H3/t16-,17-,18-,19-/m1/s1. The minimum atomic E-state index is -0.478. The van der Waals surface area contributed by atoms with Gasteiger partial charge in [0.1, 0.15) is 0 Å². The molecule has 1 N–H and O–H groups in total. The van der Waals surface area contributed by atoms with E-state index in [1.165, 1.54) is 12.8 Å². The van der Waals surface area contributed by atoms with E-state index in [0.717, 1.165) is 19.5 Å². The number of hydrogen-bond acceptors (Lipinski definition) is 5. The average Bonchev–Trinajstić information content (AvgIpc) is 2.60. The summed E-state index contributed by atoms with van der Waals surface area (Å²) in [6.45, 7) is 12.9. The monoisotopic (exact) mass is 370 g/mol. The van der Waals surface area contributed by atoms with Crippen molar-refractivity contribution in [2.45, 2.75) is 59.2 Å². The van der Waals surface area contributed by atoms with Gasteiger partial charge in [-0.3, -0.25) is 4.90 Å². The molecule has 0 aromatic heterocycles. The van der Waals surface area contributed by atoms with E-state index in [0.29, 0.717) is 50.6 Å². The summed E-state index contributed by atoms with van der Waals surface area (Å²) in [4.78, 5) is 15.7. The molecule has 1 saturated carbocycles. The Bertz CT molecular complexity index is 424. The Hall–Kier alpha value is -0.850. The molecule has 6 heteroatoms. The molecule has 0 bridgehead atoms. The number of carbonyl (C=O) groups is 1. The number of rotatable bonds is 7. The van der Waals surface area contributed by atoms with Crippen molar-refractivity contribution >= 4 is 6.09 Å². The van der Waals surface area contributed by atoms with Crippen LogP contribution in [-0.2, 0) is 9.47 Å². The zero-order chi connectivity index (χ0) is 19.1. The molecule has 1 heterocycles. The van der Waals surface area contributed by atoms with Gasteiger partial charge in [-0.25, -0.2) is 4.79 Å². The molecule has 2 rings (SSSR count). The molecule has 26 heavy (non-hydrogen) atoms. The molecule has 152 valence electrons. The zero-order valence-corrected chi connectivity index (χ0v) is 17.0. The number of piperazine rings is 1. The van der Waals surface area contributed by atoms with Crippen molar-refractivity contribution in [2.24, 2.45) is 17.8 Å². The normalized spacial score (nSPS) is 29.0. The van der Waals surface area contributed by atoms with Gasteiger partial charge in [-0.2, -0.15) is 0 Å². The van der Waals surface area contributed by atoms with Crippen molar-refractivity contribution in [3.05, 3.63) is 0 Å². The maximum atomic E-state index is 11.7. The first-order chi connectivity index (χ1) is 12.4. The largest absolute Gasteiger partial charge is 0.450 e. The van der Waals surface area contributed by atoms with Crippen LogP contribution in [0.15, 0.2) is 0 Å². The van der Waals surface area contributed by atoms with Gasteiger partial charge in [0, 0.05) is 32.7 Å². The van der Waals surface area contributed by atoms with Gasteiger partial charge >= 0.3 is 6.09 Å². The van der Waals surface area contributed by atoms with E-state index >= 15 is 0 Å². The van der Waals surface area contributed by atoms with Crippen LogP contribution in [-0.4, -0.2) is 79.1 Å². The maximum Gasteiger partial charge on any atom is 0.409 e. The summed E-state index contributed by atoms with van der Waals surface area (Å²) in [6, 6.07) is 0. The van der Waals surface area contributed by atoms with Crippen LogP contribution in [0.5, 0.6) is 0 Å². The number of amides is 1. The van der Waals surface area contributed by atoms with Gasteiger partial charge in [-0.15, -0.1) is 0 Å². The third-order valence-corrected chi connectivity index (χ3v) is 5.83. The Kier molecular flexibility index (Phi) is 8.64. The van der Waals surface area contributed by atoms with Crippen molar-refractivity contribution in [2.75, 3.05) is 45.9 Å². The third kappa shape index (κ3) is 6.39. The summed E-state index contributed by atoms with van der Waals surface area (Å²) < 4.78 is 11.2. The molecular weight excluding hydrogens is 332 g/mol. The van der Waals surface area contributed by atoms with Crippen molar-refractivity contribution < 1.29 is 19.4 Å². The summed E-state index contributed by atoms with van der Waals surface area (Å²) in [5, 5.41) is 10.4. The molecule has 1 saturated heterocycles. The van der Waals surface area contributed by atoms with Crippen LogP contribution in [0.25, 0.3) is 0 Å². The van der Waals surface area contributed by atoms with Crippen molar-refractivity contribution in [1.82, 2.24) is 9.80 Å². The average molecular weight is 371 g/mol. The molecule has 0 spiro atoms. The van der Waals surface area contributed by atoms with Gasteiger partial charge in [0.15, 0.2) is 0 Å². The lowest BCUT2D eigenvalue weighted by Crippen LogP contribution is -2.51. The molecule has 4 atom stereocenters. The Morgan fingerprint density at radius 3 is 2.50 bits per heavy atom. The first kappa shape index (κ1) is 21.5. The van der Waals surface area contributed by atoms with Crippen molar-refractivity contribution in [1.29, 1.82) is 0 Å². The molecule has 1 amide bonds. The number of aliphatic hydroxyl groups excluding tert-OH is 1. The second kappa shape index (κ2) is 10.5. The fraction of sp³-hybridized carbons (Fsp3) is 0.950. The summed E-state index contributed by atoms with van der Waals surface area (Å²) in [6.07, 6.45) is 3.18. The van der Waals surface area contributed by atoms with Gasteiger partial charge in [0.2, 0.25) is 0 Å². The van der Waals surface area contributed by atoms with Crippen LogP contribution < -0.4 is 0 Å². The quantitative estimate of drug-likeness (QED) is 0.746. The van der Waals surface area contributed by atoms with Gasteiger partial charge in [-0.1, -0.05) is 27.2 Å². The maximum absolute atomic E-state index is 11.7. The second-order valence-electron chi connectivity index (χ2n) is 8.34. The topological polar surface area (TPSA) is 62.2 Å². The Morgan fingerprint density at radius 1 is 1.19 bits per heavy atom. The lowest BCUT2D eigenvalue weighted by atomic mass is 9.75. The lowest BCUT2D eigenvalue weighted by molar-refractivity contribution is -0.0752. The molecule has 0 radical (unpaired) electrons. The molecule has 6 nitrogen and oxygen atoms in total. The van der Waals surface area contributed by atoms with Gasteiger partial charge in [0.05, 0.1) is 25.4 Å². The minimum absolute atomic E-state index is 0.234. The summed E-state index contributed by atoms with van der Waals surface area (Å²) in [7, 11) is 0. The minimum Gasteiger partial charge on any atom is -0.450 e. The SMILES string of the molecule is CCOC(=O)N1CCN(C[C@@H](O)CO[C@@H]2C[C@H](C)CC[C@@H]2C(C)C)CC1. The molecule has 2 fully saturated rings. The lowest BCUT2D eigenvalue weighted by Gasteiger charge is -2.38. The van der Waals surface area contributed by atoms with E-state index in [9.17, 15) is 9.90 Å². The van der Waals surface area contributed by atoms with Crippen LogP contribution in [0.1, 0.15) is 47.0 Å². The smallest absolute Gasteiger partial charge is 0.409 e. The highest BCUT2D eigenvalue weighted by molar-refractivity contribution is 5.67. The second-order valence-corrected chi connectivity index (χ2v) is 8.34. The number of aliphatic hydroxyl groups is 1. The Balaban J connectivity index is 1.70. The molecular formula is C20H38N2O4. The molecule has 0 aromatic rings. The van der Waals surface area contributed by atoms with E-state index < -0.39 is 6.10 Å². The van der Waals surface area contributed by atoms with E-state index in [1.807, 2.05) is 6.92 Å². The number of nitrogens with zero attached hydrogens (tertiary/aromatic N) is 2. The highest BCUT2D eigenvalue weighted by atomic mass is 16.6. The first-order valence-electron chi connectivity index (χ1n) is 10.3. The Morgan fingerprint density at radius 2 is 1.88 bits per heavy atom. The highest BCUT2D eigenvalue weighted by Gasteiger charge is 2.32. The third-order valence-electron chi connectivity index (χ3n) is 5.83. The number of β-amino-alcohol motifs (C(OH)–C–C–N with tert-alkyl or cyclic N) is 1. The first-order valence-corrected chi connectivity index (χ1v) is 10.3. The van der Waals surface area contributed by atoms with Crippen LogP contribution in [0.3, 0.4) is 0 Å². The van der Waals surface area contributed by atoms with Crippen LogP contribution in [0.4, 0.5) is 4.79 Å². The Labute approximate surface area is 158 Å². The van der Waals surface area contributed by atoms with Crippen LogP contribution >= 0.6 is 0 Å². The number of hydrogen-bond donors (Lipinski definition) is 1. The molecule has 1 aliphatic heterocycles. The predicted octanol–water partition coefficient (Wildman–Crippen LogP) is 2.60. The zero-order valence-electron chi connectivity index (χ0n) is 17.0. The fourth-order valence-electron chi connectivity index (χ4n) is 4.22. The molecule has 0 unspecified atom stereocenters. The number of carbonyl (C=O) groups excluding carboxylic acids is 1. The molecule has 2 aliphatic rings. The van der Waals surface area contributed by atoms with E-state index in [-0.39, 0.29) is 12.2 Å². The highest BCUT2D eigenvalue weighted by Crippen LogP contribution is 2.35. The van der Waals surface area contributed by atoms with E-state index in [1.54, 1.807) is 4.90 Å². The fourth-order valence-corrected chi connectivity index (χ4v) is 4.22. The predicted molar refractivity (Wildman–Crippen MR) is 102 cm³/mol. The van der Waals surface area contributed by atoms with E-state index in [2.05, 4.69) is 25.7 Å².